The number of nitrogens with one attached hydrogen (secondary N) is 1. The molecule has 0 spiro atoms. The monoisotopic (exact) mass is 278 g/mol. The second-order valence-electron chi connectivity index (χ2n) is 4.29. The number of nitrogens with zero attached hydrogens (tertiary/aromatic N) is 3. The number of aliphatic hydroxyl groups is 1. The Morgan fingerprint density at radius 1 is 1.50 bits per heavy atom. The third-order valence-electron chi connectivity index (χ3n) is 2.74. The van der Waals surface area contributed by atoms with Gasteiger partial charge in [-0.25, -0.2) is 9.07 Å². The van der Waals surface area contributed by atoms with E-state index >= 15 is 0 Å². The predicted molar refractivity (Wildman–Crippen MR) is 70.3 cm³/mol. The topological polar surface area (TPSA) is 80.0 Å². The summed E-state index contributed by atoms with van der Waals surface area (Å²) in [5, 5.41) is 19.5. The molecule has 1 aromatic carbocycles. The van der Waals surface area contributed by atoms with Gasteiger partial charge in [-0.05, 0) is 18.6 Å². The summed E-state index contributed by atoms with van der Waals surface area (Å²) in [6.07, 6.45) is 1.31. The Morgan fingerprint density at radius 2 is 2.25 bits per heavy atom. The molecule has 0 aliphatic rings. The summed E-state index contributed by atoms with van der Waals surface area (Å²) >= 11 is 0. The normalized spacial score (nSPS) is 12.2. The quantitative estimate of drug-likeness (QED) is 0.868. The van der Waals surface area contributed by atoms with Crippen molar-refractivity contribution < 1.29 is 14.3 Å². The third-order valence-corrected chi connectivity index (χ3v) is 2.74. The van der Waals surface area contributed by atoms with Crippen molar-refractivity contribution in [1.29, 1.82) is 0 Å². The first kappa shape index (κ1) is 14.1. The standard InChI is InChI=1S/C13H15FN4O2/c1-2-12(19)11-7-18(17-16-11)8-13(20)15-10-6-4-3-5-9(10)14/h3-7,12,19H,2,8H2,1H3,(H,15,20). The minimum atomic E-state index is -0.696. The Bertz CT molecular complexity index is 600. The van der Waals surface area contributed by atoms with Crippen molar-refractivity contribution in [1.82, 2.24) is 15.0 Å². The molecule has 0 aliphatic carbocycles. The molecule has 20 heavy (non-hydrogen) atoms. The van der Waals surface area contributed by atoms with E-state index in [-0.39, 0.29) is 12.2 Å². The number of rotatable bonds is 5. The molecular formula is C13H15FN4O2. The first-order valence-corrected chi connectivity index (χ1v) is 6.22. The van der Waals surface area contributed by atoms with E-state index in [1.54, 1.807) is 12.1 Å². The zero-order chi connectivity index (χ0) is 14.5. The fraction of sp³-hybridized carbons (Fsp3) is 0.308. The predicted octanol–water partition coefficient (Wildman–Crippen LogP) is 1.50. The summed E-state index contributed by atoms with van der Waals surface area (Å²) < 4.78 is 14.7. The van der Waals surface area contributed by atoms with Gasteiger partial charge in [-0.3, -0.25) is 4.79 Å². The van der Waals surface area contributed by atoms with E-state index in [4.69, 9.17) is 0 Å². The third kappa shape index (κ3) is 3.39. The highest BCUT2D eigenvalue weighted by atomic mass is 19.1. The van der Waals surface area contributed by atoms with Crippen LogP contribution in [0.3, 0.4) is 0 Å². The molecule has 1 atom stereocenters. The molecule has 1 aromatic heterocycles. The number of aromatic nitrogens is 3. The molecule has 0 radical (unpaired) electrons. The average molecular weight is 278 g/mol. The van der Waals surface area contributed by atoms with Crippen molar-refractivity contribution in [3.05, 3.63) is 42.0 Å². The molecule has 0 saturated heterocycles. The molecule has 0 aliphatic heterocycles. The van der Waals surface area contributed by atoms with Gasteiger partial charge in [-0.1, -0.05) is 24.3 Å². The lowest BCUT2D eigenvalue weighted by Gasteiger charge is -2.05. The minimum absolute atomic E-state index is 0.0994. The first-order chi connectivity index (χ1) is 9.60. The second kappa shape index (κ2) is 6.25. The molecule has 7 heteroatoms. The van der Waals surface area contributed by atoms with Crippen molar-refractivity contribution in [3.63, 3.8) is 0 Å². The van der Waals surface area contributed by atoms with Crippen LogP contribution in [0.15, 0.2) is 30.5 Å². The zero-order valence-corrected chi connectivity index (χ0v) is 11.0. The van der Waals surface area contributed by atoms with Gasteiger partial charge in [0.05, 0.1) is 18.0 Å². The molecule has 2 N–H and O–H groups in total. The first-order valence-electron chi connectivity index (χ1n) is 6.22. The fourth-order valence-corrected chi connectivity index (χ4v) is 1.65. The van der Waals surface area contributed by atoms with Crippen LogP contribution in [0.5, 0.6) is 0 Å². The molecule has 6 nitrogen and oxygen atoms in total. The van der Waals surface area contributed by atoms with Crippen molar-refractivity contribution in [3.8, 4) is 0 Å². The molecule has 2 rings (SSSR count). The summed E-state index contributed by atoms with van der Waals surface area (Å²) in [6, 6.07) is 5.91. The van der Waals surface area contributed by atoms with E-state index in [0.717, 1.165) is 0 Å². The Hall–Kier alpha value is -2.28. The fourth-order valence-electron chi connectivity index (χ4n) is 1.65. The highest BCUT2D eigenvalue weighted by Crippen LogP contribution is 2.13. The van der Waals surface area contributed by atoms with Gasteiger partial charge in [-0.2, -0.15) is 0 Å². The second-order valence-corrected chi connectivity index (χ2v) is 4.29. The summed E-state index contributed by atoms with van der Waals surface area (Å²) in [5.74, 6) is -0.918. The van der Waals surface area contributed by atoms with Gasteiger partial charge in [0, 0.05) is 0 Å². The van der Waals surface area contributed by atoms with E-state index < -0.39 is 17.8 Å². The van der Waals surface area contributed by atoms with Crippen LogP contribution >= 0.6 is 0 Å². The van der Waals surface area contributed by atoms with Gasteiger partial charge < -0.3 is 10.4 Å². The maximum absolute atomic E-state index is 13.4. The summed E-state index contributed by atoms with van der Waals surface area (Å²) in [5.41, 5.74) is 0.526. The lowest BCUT2D eigenvalue weighted by molar-refractivity contribution is -0.117. The molecule has 0 saturated carbocycles. The summed E-state index contributed by atoms with van der Waals surface area (Å²) in [4.78, 5) is 11.8. The number of hydrogen-bond donors (Lipinski definition) is 2. The minimum Gasteiger partial charge on any atom is -0.387 e. The van der Waals surface area contributed by atoms with Crippen LogP contribution in [0, 0.1) is 5.82 Å². The molecule has 2 aromatic rings. The SMILES string of the molecule is CCC(O)c1cn(CC(=O)Nc2ccccc2F)nn1. The van der Waals surface area contributed by atoms with Gasteiger partial charge in [-0.15, -0.1) is 5.10 Å². The lowest BCUT2D eigenvalue weighted by atomic mass is 10.2. The number of halogens is 1. The van der Waals surface area contributed by atoms with Crippen molar-refractivity contribution in [2.45, 2.75) is 26.0 Å². The van der Waals surface area contributed by atoms with E-state index in [0.29, 0.717) is 12.1 Å². The molecule has 0 fully saturated rings. The number of para-hydroxylation sites is 1. The van der Waals surface area contributed by atoms with Crippen molar-refractivity contribution >= 4 is 11.6 Å². The van der Waals surface area contributed by atoms with Gasteiger partial charge in [0.25, 0.3) is 0 Å². The van der Waals surface area contributed by atoms with E-state index in [1.165, 1.54) is 23.0 Å². The summed E-state index contributed by atoms with van der Waals surface area (Å²) in [6.45, 7) is 1.71. The Balaban J connectivity index is 1.98. The Labute approximate surface area is 115 Å². The maximum Gasteiger partial charge on any atom is 0.246 e. The number of anilines is 1. The van der Waals surface area contributed by atoms with Crippen LogP contribution in [-0.4, -0.2) is 26.0 Å². The van der Waals surface area contributed by atoms with Crippen molar-refractivity contribution in [2.24, 2.45) is 0 Å². The number of benzene rings is 1. The van der Waals surface area contributed by atoms with Gasteiger partial charge >= 0.3 is 0 Å². The highest BCUT2D eigenvalue weighted by Gasteiger charge is 2.12. The molecule has 1 heterocycles. The molecule has 1 unspecified atom stereocenters. The Morgan fingerprint density at radius 3 is 2.95 bits per heavy atom. The van der Waals surface area contributed by atoms with Crippen LogP contribution in [-0.2, 0) is 11.3 Å². The van der Waals surface area contributed by atoms with Crippen LogP contribution < -0.4 is 5.32 Å². The smallest absolute Gasteiger partial charge is 0.246 e. The zero-order valence-electron chi connectivity index (χ0n) is 11.0. The highest BCUT2D eigenvalue weighted by molar-refractivity contribution is 5.90. The van der Waals surface area contributed by atoms with Crippen LogP contribution in [0.4, 0.5) is 10.1 Å². The van der Waals surface area contributed by atoms with Crippen molar-refractivity contribution in [2.75, 3.05) is 5.32 Å². The lowest BCUT2D eigenvalue weighted by Crippen LogP contribution is -2.19. The number of aliphatic hydroxyl groups excluding tert-OH is 1. The van der Waals surface area contributed by atoms with Crippen LogP contribution in [0.1, 0.15) is 25.1 Å². The van der Waals surface area contributed by atoms with E-state index in [9.17, 15) is 14.3 Å². The molecular weight excluding hydrogens is 263 g/mol. The number of carbonyl (C=O) groups is 1. The van der Waals surface area contributed by atoms with Gasteiger partial charge in [0.2, 0.25) is 5.91 Å². The summed E-state index contributed by atoms with van der Waals surface area (Å²) in [7, 11) is 0. The maximum atomic E-state index is 13.4. The Kier molecular flexibility index (Phi) is 4.41. The number of hydrogen-bond acceptors (Lipinski definition) is 4. The average Bonchev–Trinajstić information content (AvgIpc) is 2.89. The molecule has 1 amide bonds. The molecule has 0 bridgehead atoms. The largest absolute Gasteiger partial charge is 0.387 e. The van der Waals surface area contributed by atoms with Gasteiger partial charge in [0.1, 0.15) is 18.1 Å². The van der Waals surface area contributed by atoms with E-state index in [1.807, 2.05) is 6.92 Å². The van der Waals surface area contributed by atoms with Crippen LogP contribution in [0.2, 0.25) is 0 Å². The number of carbonyl (C=O) groups excluding carboxylic acids is 1. The molecule has 106 valence electrons. The van der Waals surface area contributed by atoms with Crippen LogP contribution in [0.25, 0.3) is 0 Å². The number of amides is 1. The van der Waals surface area contributed by atoms with Gasteiger partial charge in [0.15, 0.2) is 0 Å². The van der Waals surface area contributed by atoms with E-state index in [2.05, 4.69) is 15.6 Å².